The highest BCUT2D eigenvalue weighted by Crippen LogP contribution is 2.24. The van der Waals surface area contributed by atoms with E-state index in [1.165, 1.54) is 12.8 Å². The molecule has 0 saturated carbocycles. The SMILES string of the molecule is Clc1ccc(CNCC(c2ccco2)N2CCCC2)cn1. The molecule has 1 fully saturated rings. The fourth-order valence-corrected chi connectivity index (χ4v) is 2.92. The Bertz CT molecular complexity index is 535. The van der Waals surface area contributed by atoms with Crippen molar-refractivity contribution < 1.29 is 4.42 Å². The maximum Gasteiger partial charge on any atom is 0.129 e. The summed E-state index contributed by atoms with van der Waals surface area (Å²) in [6, 6.07) is 8.15. The maximum atomic E-state index is 5.80. The average molecular weight is 306 g/mol. The van der Waals surface area contributed by atoms with Crippen molar-refractivity contribution in [3.63, 3.8) is 0 Å². The Kier molecular flexibility index (Phi) is 4.91. The van der Waals surface area contributed by atoms with Crippen LogP contribution in [0.1, 0.15) is 30.2 Å². The molecule has 0 aliphatic carbocycles. The van der Waals surface area contributed by atoms with E-state index in [4.69, 9.17) is 16.0 Å². The van der Waals surface area contributed by atoms with E-state index in [0.29, 0.717) is 11.2 Å². The molecule has 1 saturated heterocycles. The molecule has 3 heterocycles. The van der Waals surface area contributed by atoms with E-state index in [9.17, 15) is 0 Å². The van der Waals surface area contributed by atoms with Crippen molar-refractivity contribution in [2.45, 2.75) is 25.4 Å². The molecule has 0 bridgehead atoms. The zero-order valence-electron chi connectivity index (χ0n) is 12.0. The van der Waals surface area contributed by atoms with E-state index >= 15 is 0 Å². The van der Waals surface area contributed by atoms with Crippen LogP contribution in [0.25, 0.3) is 0 Å². The lowest BCUT2D eigenvalue weighted by atomic mass is 10.2. The molecular formula is C16H20ClN3O. The zero-order chi connectivity index (χ0) is 14.5. The summed E-state index contributed by atoms with van der Waals surface area (Å²) in [7, 11) is 0. The molecule has 112 valence electrons. The molecule has 1 unspecified atom stereocenters. The first-order chi connectivity index (χ1) is 10.3. The van der Waals surface area contributed by atoms with Gasteiger partial charge in [0.25, 0.3) is 0 Å². The molecule has 4 nitrogen and oxygen atoms in total. The molecule has 2 aromatic rings. The van der Waals surface area contributed by atoms with Gasteiger partial charge in [-0.05, 0) is 49.7 Å². The number of aromatic nitrogens is 1. The molecule has 0 amide bonds. The molecule has 1 atom stereocenters. The van der Waals surface area contributed by atoms with Gasteiger partial charge in [0.2, 0.25) is 0 Å². The van der Waals surface area contributed by atoms with Gasteiger partial charge in [-0.3, -0.25) is 4.90 Å². The predicted octanol–water partition coefficient (Wildman–Crippen LogP) is 3.25. The van der Waals surface area contributed by atoms with Gasteiger partial charge in [-0.1, -0.05) is 17.7 Å². The summed E-state index contributed by atoms with van der Waals surface area (Å²) < 4.78 is 5.62. The number of hydrogen-bond donors (Lipinski definition) is 1. The van der Waals surface area contributed by atoms with Gasteiger partial charge in [0.05, 0.1) is 12.3 Å². The summed E-state index contributed by atoms with van der Waals surface area (Å²) in [4.78, 5) is 6.59. The van der Waals surface area contributed by atoms with E-state index in [0.717, 1.165) is 37.5 Å². The summed E-state index contributed by atoms with van der Waals surface area (Å²) in [6.07, 6.45) is 6.12. The second-order valence-electron chi connectivity index (χ2n) is 5.39. The minimum absolute atomic E-state index is 0.308. The molecule has 3 rings (SSSR count). The Hall–Kier alpha value is -1.36. The number of halogens is 1. The highest BCUT2D eigenvalue weighted by molar-refractivity contribution is 6.29. The standard InChI is InChI=1S/C16H20ClN3O/c17-16-6-5-13(11-19-16)10-18-12-14(15-4-3-9-21-15)20-7-1-2-8-20/h3-6,9,11,14,18H,1-2,7-8,10,12H2. The molecule has 0 aromatic carbocycles. The minimum atomic E-state index is 0.308. The van der Waals surface area contributed by atoms with E-state index < -0.39 is 0 Å². The van der Waals surface area contributed by atoms with Gasteiger partial charge in [0, 0.05) is 19.3 Å². The number of nitrogens with zero attached hydrogens (tertiary/aromatic N) is 2. The summed E-state index contributed by atoms with van der Waals surface area (Å²) in [5.74, 6) is 1.04. The Morgan fingerprint density at radius 1 is 1.29 bits per heavy atom. The Labute approximate surface area is 130 Å². The first-order valence-corrected chi connectivity index (χ1v) is 7.79. The molecular weight excluding hydrogens is 286 g/mol. The van der Waals surface area contributed by atoms with Crippen LogP contribution in [0.3, 0.4) is 0 Å². The fourth-order valence-electron chi connectivity index (χ4n) is 2.81. The number of likely N-dealkylation sites (tertiary alicyclic amines) is 1. The van der Waals surface area contributed by atoms with Crippen LogP contribution < -0.4 is 5.32 Å². The molecule has 1 aliphatic rings. The number of furan rings is 1. The Balaban J connectivity index is 1.58. The van der Waals surface area contributed by atoms with Crippen LogP contribution in [0.2, 0.25) is 5.15 Å². The monoisotopic (exact) mass is 305 g/mol. The van der Waals surface area contributed by atoms with Crippen molar-refractivity contribution in [3.05, 3.63) is 53.2 Å². The molecule has 1 N–H and O–H groups in total. The van der Waals surface area contributed by atoms with Crippen molar-refractivity contribution in [1.82, 2.24) is 15.2 Å². The largest absolute Gasteiger partial charge is 0.468 e. The Morgan fingerprint density at radius 3 is 2.81 bits per heavy atom. The summed E-state index contributed by atoms with van der Waals surface area (Å²) in [5.41, 5.74) is 1.14. The molecule has 21 heavy (non-hydrogen) atoms. The van der Waals surface area contributed by atoms with E-state index in [1.54, 1.807) is 6.26 Å². The summed E-state index contributed by atoms with van der Waals surface area (Å²) in [6.45, 7) is 3.95. The number of nitrogens with one attached hydrogen (secondary N) is 1. The lowest BCUT2D eigenvalue weighted by molar-refractivity contribution is 0.209. The van der Waals surface area contributed by atoms with Gasteiger partial charge in [-0.15, -0.1) is 0 Å². The topological polar surface area (TPSA) is 41.3 Å². The van der Waals surface area contributed by atoms with E-state index in [1.807, 2.05) is 24.4 Å². The van der Waals surface area contributed by atoms with Crippen molar-refractivity contribution in [3.8, 4) is 0 Å². The van der Waals surface area contributed by atoms with Crippen LogP contribution in [0.5, 0.6) is 0 Å². The van der Waals surface area contributed by atoms with Gasteiger partial charge >= 0.3 is 0 Å². The Morgan fingerprint density at radius 2 is 2.14 bits per heavy atom. The van der Waals surface area contributed by atoms with Crippen molar-refractivity contribution in [1.29, 1.82) is 0 Å². The lowest BCUT2D eigenvalue weighted by Gasteiger charge is -2.26. The van der Waals surface area contributed by atoms with Crippen LogP contribution in [0, 0.1) is 0 Å². The third-order valence-corrected chi connectivity index (χ3v) is 4.13. The van der Waals surface area contributed by atoms with Crippen LogP contribution in [-0.2, 0) is 6.54 Å². The lowest BCUT2D eigenvalue weighted by Crippen LogP contribution is -2.33. The van der Waals surface area contributed by atoms with Crippen LogP contribution in [0.4, 0.5) is 0 Å². The van der Waals surface area contributed by atoms with Crippen LogP contribution >= 0.6 is 11.6 Å². The third-order valence-electron chi connectivity index (χ3n) is 3.91. The first-order valence-electron chi connectivity index (χ1n) is 7.41. The summed E-state index contributed by atoms with van der Waals surface area (Å²) in [5, 5.41) is 4.03. The minimum Gasteiger partial charge on any atom is -0.468 e. The first kappa shape index (κ1) is 14.6. The highest BCUT2D eigenvalue weighted by atomic mass is 35.5. The average Bonchev–Trinajstić information content (AvgIpc) is 3.19. The molecule has 2 aromatic heterocycles. The molecule has 1 aliphatic heterocycles. The number of hydrogen-bond acceptors (Lipinski definition) is 4. The van der Waals surface area contributed by atoms with Gasteiger partial charge in [-0.25, -0.2) is 4.98 Å². The molecule has 5 heteroatoms. The van der Waals surface area contributed by atoms with E-state index in [-0.39, 0.29) is 0 Å². The predicted molar refractivity (Wildman–Crippen MR) is 83.2 cm³/mol. The normalized spacial score (nSPS) is 17.2. The number of pyridine rings is 1. The van der Waals surface area contributed by atoms with Gasteiger partial charge in [0.1, 0.15) is 10.9 Å². The van der Waals surface area contributed by atoms with Gasteiger partial charge in [-0.2, -0.15) is 0 Å². The fraction of sp³-hybridized carbons (Fsp3) is 0.438. The molecule has 0 radical (unpaired) electrons. The van der Waals surface area contributed by atoms with Crippen LogP contribution in [-0.4, -0.2) is 29.5 Å². The van der Waals surface area contributed by atoms with Gasteiger partial charge in [0.15, 0.2) is 0 Å². The van der Waals surface area contributed by atoms with Crippen LogP contribution in [0.15, 0.2) is 41.1 Å². The summed E-state index contributed by atoms with van der Waals surface area (Å²) >= 11 is 5.80. The number of rotatable bonds is 6. The van der Waals surface area contributed by atoms with Crippen molar-refractivity contribution in [2.24, 2.45) is 0 Å². The van der Waals surface area contributed by atoms with E-state index in [2.05, 4.69) is 21.3 Å². The smallest absolute Gasteiger partial charge is 0.129 e. The highest BCUT2D eigenvalue weighted by Gasteiger charge is 2.24. The quantitative estimate of drug-likeness (QED) is 0.832. The molecule has 0 spiro atoms. The van der Waals surface area contributed by atoms with Crippen molar-refractivity contribution in [2.75, 3.05) is 19.6 Å². The third kappa shape index (κ3) is 3.84. The van der Waals surface area contributed by atoms with Crippen molar-refractivity contribution >= 4 is 11.6 Å². The second kappa shape index (κ2) is 7.07. The maximum absolute atomic E-state index is 5.80. The second-order valence-corrected chi connectivity index (χ2v) is 5.78. The zero-order valence-corrected chi connectivity index (χ0v) is 12.7. The van der Waals surface area contributed by atoms with Gasteiger partial charge < -0.3 is 9.73 Å².